The zero-order valence-corrected chi connectivity index (χ0v) is 14.5. The third-order valence-electron chi connectivity index (χ3n) is 3.79. The van der Waals surface area contributed by atoms with Crippen LogP contribution in [-0.4, -0.2) is 35.5 Å². The lowest BCUT2D eigenvalue weighted by Gasteiger charge is -2.33. The molecule has 0 atom stereocenters. The molecule has 0 saturated carbocycles. The van der Waals surface area contributed by atoms with Gasteiger partial charge < -0.3 is 10.2 Å². The molecule has 1 aromatic rings. The van der Waals surface area contributed by atoms with Gasteiger partial charge >= 0.3 is 0 Å². The van der Waals surface area contributed by atoms with E-state index in [-0.39, 0.29) is 5.91 Å². The summed E-state index contributed by atoms with van der Waals surface area (Å²) in [5.41, 5.74) is 0. The normalized spacial score (nSPS) is 16.3. The largest absolute Gasteiger partial charge is 0.356 e. The van der Waals surface area contributed by atoms with Gasteiger partial charge in [0.05, 0.1) is 0 Å². The fourth-order valence-corrected chi connectivity index (χ4v) is 2.88. The molecule has 21 heavy (non-hydrogen) atoms. The van der Waals surface area contributed by atoms with E-state index in [2.05, 4.69) is 50.0 Å². The smallest absolute Gasteiger partial charge is 0.216 e. The van der Waals surface area contributed by atoms with Crippen molar-refractivity contribution in [2.24, 2.45) is 5.92 Å². The van der Waals surface area contributed by atoms with E-state index < -0.39 is 0 Å². The van der Waals surface area contributed by atoms with E-state index in [1.807, 2.05) is 6.07 Å². The van der Waals surface area contributed by atoms with Crippen molar-refractivity contribution in [3.05, 3.63) is 16.5 Å². The zero-order chi connectivity index (χ0) is 15.4. The van der Waals surface area contributed by atoms with Crippen molar-refractivity contribution in [3.8, 4) is 0 Å². The zero-order valence-electron chi connectivity index (χ0n) is 12.9. The van der Waals surface area contributed by atoms with Crippen LogP contribution in [0.4, 0.5) is 5.82 Å². The third kappa shape index (κ3) is 4.66. The number of piperidine rings is 1. The first kappa shape index (κ1) is 16.2. The Morgan fingerprint density at radius 1 is 1.43 bits per heavy atom. The van der Waals surface area contributed by atoms with Gasteiger partial charge in [-0.05, 0) is 34.7 Å². The Kier molecular flexibility index (Phi) is 5.56. The van der Waals surface area contributed by atoms with Gasteiger partial charge in [-0.2, -0.15) is 0 Å². The van der Waals surface area contributed by atoms with Crippen molar-refractivity contribution in [1.82, 2.24) is 15.3 Å². The number of hydrogen-bond donors (Lipinski definition) is 1. The van der Waals surface area contributed by atoms with Gasteiger partial charge in [-0.15, -0.1) is 0 Å². The summed E-state index contributed by atoms with van der Waals surface area (Å²) >= 11 is 3.48. The van der Waals surface area contributed by atoms with E-state index >= 15 is 0 Å². The first-order valence-electron chi connectivity index (χ1n) is 7.49. The summed E-state index contributed by atoms with van der Waals surface area (Å²) in [5.74, 6) is 2.82. The number of anilines is 1. The van der Waals surface area contributed by atoms with Crippen LogP contribution < -0.4 is 10.2 Å². The molecule has 1 fully saturated rings. The second-order valence-electron chi connectivity index (χ2n) is 5.93. The predicted octanol–water partition coefficient (Wildman–Crippen LogP) is 2.72. The molecular weight excluding hydrogens is 332 g/mol. The Hall–Kier alpha value is -1.17. The standard InChI is InChI=1S/C15H23BrN4O/c1-10(2)15-18-13(16)8-14(19-15)20-6-4-12(5-7-20)9-17-11(3)21/h8,10,12H,4-7,9H2,1-3H3,(H,17,21). The molecule has 0 unspecified atom stereocenters. The fraction of sp³-hybridized carbons (Fsp3) is 0.667. The molecule has 1 aromatic heterocycles. The molecule has 0 aromatic carbocycles. The highest BCUT2D eigenvalue weighted by molar-refractivity contribution is 9.10. The van der Waals surface area contributed by atoms with Gasteiger partial charge in [0.15, 0.2) is 0 Å². The summed E-state index contributed by atoms with van der Waals surface area (Å²) in [4.78, 5) is 22.4. The molecule has 116 valence electrons. The lowest BCUT2D eigenvalue weighted by Crippen LogP contribution is -2.38. The Bertz CT molecular complexity index is 498. The summed E-state index contributed by atoms with van der Waals surface area (Å²) < 4.78 is 0.844. The maximum atomic E-state index is 11.0. The van der Waals surface area contributed by atoms with Crippen LogP contribution in [0, 0.1) is 5.92 Å². The van der Waals surface area contributed by atoms with Gasteiger partial charge in [-0.1, -0.05) is 13.8 Å². The molecular formula is C15H23BrN4O. The Morgan fingerprint density at radius 2 is 2.10 bits per heavy atom. The molecule has 1 saturated heterocycles. The number of carbonyl (C=O) groups excluding carboxylic acids is 1. The summed E-state index contributed by atoms with van der Waals surface area (Å²) in [6.45, 7) is 8.52. The van der Waals surface area contributed by atoms with Crippen molar-refractivity contribution in [3.63, 3.8) is 0 Å². The second-order valence-corrected chi connectivity index (χ2v) is 6.74. The highest BCUT2D eigenvalue weighted by Crippen LogP contribution is 2.25. The van der Waals surface area contributed by atoms with Gasteiger partial charge in [0, 0.05) is 38.5 Å². The van der Waals surface area contributed by atoms with Crippen LogP contribution in [0.1, 0.15) is 45.4 Å². The van der Waals surface area contributed by atoms with E-state index in [9.17, 15) is 4.79 Å². The van der Waals surface area contributed by atoms with Gasteiger partial charge in [0.25, 0.3) is 0 Å². The van der Waals surface area contributed by atoms with Crippen LogP contribution in [0.25, 0.3) is 0 Å². The van der Waals surface area contributed by atoms with Gasteiger partial charge in [-0.25, -0.2) is 9.97 Å². The van der Waals surface area contributed by atoms with Gasteiger partial charge in [0.2, 0.25) is 5.91 Å². The van der Waals surface area contributed by atoms with Crippen LogP contribution in [0.5, 0.6) is 0 Å². The number of halogens is 1. The number of nitrogens with one attached hydrogen (secondary N) is 1. The quantitative estimate of drug-likeness (QED) is 0.844. The molecule has 1 amide bonds. The molecule has 0 radical (unpaired) electrons. The monoisotopic (exact) mass is 354 g/mol. The number of rotatable bonds is 4. The molecule has 0 aliphatic carbocycles. The molecule has 0 bridgehead atoms. The Morgan fingerprint density at radius 3 is 2.67 bits per heavy atom. The average Bonchev–Trinajstić information content (AvgIpc) is 2.45. The molecule has 2 rings (SSSR count). The molecule has 5 nitrogen and oxygen atoms in total. The lowest BCUT2D eigenvalue weighted by atomic mass is 9.97. The Labute approximate surface area is 134 Å². The van der Waals surface area contributed by atoms with E-state index in [1.165, 1.54) is 0 Å². The molecule has 1 N–H and O–H groups in total. The number of aromatic nitrogens is 2. The number of hydrogen-bond acceptors (Lipinski definition) is 4. The number of nitrogens with zero attached hydrogens (tertiary/aromatic N) is 3. The van der Waals surface area contributed by atoms with Crippen LogP contribution in [0.15, 0.2) is 10.7 Å². The van der Waals surface area contributed by atoms with Crippen LogP contribution in [0.3, 0.4) is 0 Å². The van der Waals surface area contributed by atoms with Gasteiger partial charge in [-0.3, -0.25) is 4.79 Å². The first-order chi connectivity index (χ1) is 9.95. The minimum Gasteiger partial charge on any atom is -0.356 e. The minimum absolute atomic E-state index is 0.0544. The minimum atomic E-state index is 0.0544. The van der Waals surface area contributed by atoms with E-state index in [0.29, 0.717) is 11.8 Å². The molecule has 1 aliphatic heterocycles. The number of carbonyl (C=O) groups is 1. The number of amides is 1. The Balaban J connectivity index is 1.97. The predicted molar refractivity (Wildman–Crippen MR) is 87.4 cm³/mol. The van der Waals surface area contributed by atoms with Crippen molar-refractivity contribution in [2.75, 3.05) is 24.5 Å². The van der Waals surface area contributed by atoms with Crippen LogP contribution in [-0.2, 0) is 4.79 Å². The topological polar surface area (TPSA) is 58.1 Å². The van der Waals surface area contributed by atoms with Crippen LogP contribution in [0.2, 0.25) is 0 Å². The summed E-state index contributed by atoms with van der Waals surface area (Å²) in [6.07, 6.45) is 2.16. The summed E-state index contributed by atoms with van der Waals surface area (Å²) in [5, 5.41) is 2.91. The fourth-order valence-electron chi connectivity index (χ4n) is 2.50. The van der Waals surface area contributed by atoms with Crippen molar-refractivity contribution >= 4 is 27.7 Å². The summed E-state index contributed by atoms with van der Waals surface area (Å²) in [7, 11) is 0. The third-order valence-corrected chi connectivity index (χ3v) is 4.20. The highest BCUT2D eigenvalue weighted by Gasteiger charge is 2.21. The molecule has 1 aliphatic rings. The lowest BCUT2D eigenvalue weighted by molar-refractivity contribution is -0.119. The van der Waals surface area contributed by atoms with Crippen molar-refractivity contribution < 1.29 is 4.79 Å². The highest BCUT2D eigenvalue weighted by atomic mass is 79.9. The average molecular weight is 355 g/mol. The maximum Gasteiger partial charge on any atom is 0.216 e. The van der Waals surface area contributed by atoms with Crippen molar-refractivity contribution in [2.45, 2.75) is 39.5 Å². The van der Waals surface area contributed by atoms with E-state index in [1.54, 1.807) is 6.92 Å². The first-order valence-corrected chi connectivity index (χ1v) is 8.29. The second kappa shape index (κ2) is 7.20. The van der Waals surface area contributed by atoms with Gasteiger partial charge in [0.1, 0.15) is 16.2 Å². The molecule has 6 heteroatoms. The van der Waals surface area contributed by atoms with E-state index in [0.717, 1.165) is 48.7 Å². The summed E-state index contributed by atoms with van der Waals surface area (Å²) in [6, 6.07) is 1.99. The van der Waals surface area contributed by atoms with Crippen LogP contribution >= 0.6 is 15.9 Å². The van der Waals surface area contributed by atoms with Crippen molar-refractivity contribution in [1.29, 1.82) is 0 Å². The molecule has 0 spiro atoms. The van der Waals surface area contributed by atoms with E-state index in [4.69, 9.17) is 0 Å². The molecule has 2 heterocycles. The SMILES string of the molecule is CC(=O)NCC1CCN(c2cc(Br)nc(C(C)C)n2)CC1. The maximum absolute atomic E-state index is 11.0.